The Morgan fingerprint density at radius 3 is 2.50 bits per heavy atom. The van der Waals surface area contributed by atoms with Gasteiger partial charge in [0.05, 0.1) is 5.39 Å². The first-order valence-electron chi connectivity index (χ1n) is 8.92. The van der Waals surface area contributed by atoms with E-state index in [9.17, 15) is 0 Å². The molecule has 0 unspecified atom stereocenters. The lowest BCUT2D eigenvalue weighted by Crippen LogP contribution is -1.95. The maximum atomic E-state index is 6.15. The Morgan fingerprint density at radius 1 is 1.04 bits per heavy atom. The fraction of sp³-hybridized carbons (Fsp3) is 0.238. The second-order valence-electron chi connectivity index (χ2n) is 5.65. The third kappa shape index (κ3) is 3.78. The van der Waals surface area contributed by atoms with Crippen molar-refractivity contribution in [3.63, 3.8) is 0 Å². The van der Waals surface area contributed by atoms with E-state index in [-0.39, 0.29) is 0 Å². The van der Waals surface area contributed by atoms with E-state index in [4.69, 9.17) is 10.2 Å². The van der Waals surface area contributed by atoms with Crippen molar-refractivity contribution < 1.29 is 4.42 Å². The molecule has 3 heterocycles. The highest BCUT2D eigenvalue weighted by atomic mass is 32.1. The molecule has 4 nitrogen and oxygen atoms in total. The number of rotatable bonds is 4. The number of nitrogens with two attached hydrogens (primary N) is 1. The molecule has 0 aliphatic rings. The highest BCUT2D eigenvalue weighted by Gasteiger charge is 2.13. The van der Waals surface area contributed by atoms with Crippen LogP contribution in [-0.4, -0.2) is 9.97 Å². The molecule has 0 spiro atoms. The van der Waals surface area contributed by atoms with Gasteiger partial charge >= 0.3 is 0 Å². The third-order valence-electron chi connectivity index (χ3n) is 3.92. The molecule has 0 atom stereocenters. The van der Waals surface area contributed by atoms with Gasteiger partial charge in [0.2, 0.25) is 0 Å². The molecule has 0 fully saturated rings. The van der Waals surface area contributed by atoms with Crippen molar-refractivity contribution >= 4 is 27.4 Å². The Kier molecular flexibility index (Phi) is 5.68. The van der Waals surface area contributed by atoms with Crippen LogP contribution in [0.2, 0.25) is 0 Å². The fourth-order valence-corrected chi connectivity index (χ4v) is 3.75. The molecule has 0 amide bonds. The largest absolute Gasteiger partial charge is 0.458 e. The van der Waals surface area contributed by atoms with E-state index in [0.29, 0.717) is 17.4 Å². The van der Waals surface area contributed by atoms with Crippen LogP contribution in [0.15, 0.2) is 52.9 Å². The molecule has 4 rings (SSSR count). The lowest BCUT2D eigenvalue weighted by Gasteiger charge is -1.99. The molecule has 26 heavy (non-hydrogen) atoms. The number of fused-ring (bicyclic) bond motifs is 1. The number of aromatic nitrogens is 2. The molecule has 0 radical (unpaired) electrons. The van der Waals surface area contributed by atoms with Crippen molar-refractivity contribution in [2.75, 3.05) is 5.73 Å². The minimum atomic E-state index is 0.500. The summed E-state index contributed by atoms with van der Waals surface area (Å²) >= 11 is 1.65. The van der Waals surface area contributed by atoms with Gasteiger partial charge in [-0.1, -0.05) is 51.1 Å². The van der Waals surface area contributed by atoms with Gasteiger partial charge < -0.3 is 10.2 Å². The molecule has 0 saturated carbocycles. The van der Waals surface area contributed by atoms with Crippen LogP contribution in [0.1, 0.15) is 37.0 Å². The molecule has 1 aromatic carbocycles. The van der Waals surface area contributed by atoms with E-state index in [2.05, 4.69) is 47.2 Å². The van der Waals surface area contributed by atoms with E-state index in [1.165, 1.54) is 10.4 Å². The molecule has 134 valence electrons. The average molecular weight is 366 g/mol. The van der Waals surface area contributed by atoms with Gasteiger partial charge in [-0.3, -0.25) is 0 Å². The maximum absolute atomic E-state index is 6.15. The minimum Gasteiger partial charge on any atom is -0.458 e. The second kappa shape index (κ2) is 8.15. The Labute approximate surface area is 157 Å². The smallest absolute Gasteiger partial charge is 0.199 e. The van der Waals surface area contributed by atoms with Gasteiger partial charge in [-0.25, -0.2) is 9.97 Å². The zero-order valence-electron chi connectivity index (χ0n) is 15.3. The normalized spacial score (nSPS) is 10.6. The first-order valence-corrected chi connectivity index (χ1v) is 9.73. The summed E-state index contributed by atoms with van der Waals surface area (Å²) in [7, 11) is 0. The summed E-state index contributed by atoms with van der Waals surface area (Å²) in [5.74, 6) is 2.63. The molecule has 0 bridgehead atoms. The third-order valence-corrected chi connectivity index (χ3v) is 4.95. The van der Waals surface area contributed by atoms with Crippen molar-refractivity contribution in [3.05, 3.63) is 64.7 Å². The first-order chi connectivity index (χ1) is 12.7. The zero-order chi connectivity index (χ0) is 18.5. The Balaban J connectivity index is 0.000000948. The SMILES string of the molecule is CC.CCc1ccc(-c2nc(N)c3cc(Cc4ccccc4)sc3n2)o1. The van der Waals surface area contributed by atoms with Gasteiger partial charge in [0.1, 0.15) is 16.4 Å². The van der Waals surface area contributed by atoms with Crippen LogP contribution in [0.4, 0.5) is 5.82 Å². The highest BCUT2D eigenvalue weighted by molar-refractivity contribution is 7.18. The minimum absolute atomic E-state index is 0.500. The predicted octanol–water partition coefficient (Wildman–Crippen LogP) is 5.71. The topological polar surface area (TPSA) is 64.9 Å². The molecule has 0 aliphatic heterocycles. The van der Waals surface area contributed by atoms with Crippen molar-refractivity contribution in [2.45, 2.75) is 33.6 Å². The van der Waals surface area contributed by atoms with Crippen LogP contribution < -0.4 is 5.73 Å². The van der Waals surface area contributed by atoms with Gasteiger partial charge in [-0.2, -0.15) is 0 Å². The van der Waals surface area contributed by atoms with Crippen molar-refractivity contribution in [2.24, 2.45) is 0 Å². The van der Waals surface area contributed by atoms with Crippen molar-refractivity contribution in [3.8, 4) is 11.6 Å². The Morgan fingerprint density at radius 2 is 1.81 bits per heavy atom. The van der Waals surface area contributed by atoms with Crippen molar-refractivity contribution in [1.29, 1.82) is 0 Å². The number of nitrogen functional groups attached to an aromatic ring is 1. The van der Waals surface area contributed by atoms with E-state index < -0.39 is 0 Å². The molecule has 5 heteroatoms. The summed E-state index contributed by atoms with van der Waals surface area (Å²) in [5, 5.41) is 0.914. The summed E-state index contributed by atoms with van der Waals surface area (Å²) < 4.78 is 5.75. The molecule has 3 aromatic heterocycles. The van der Waals surface area contributed by atoms with E-state index >= 15 is 0 Å². The Hall–Kier alpha value is -2.66. The summed E-state index contributed by atoms with van der Waals surface area (Å²) in [6, 6.07) is 16.3. The van der Waals surface area contributed by atoms with Gasteiger partial charge in [0, 0.05) is 17.7 Å². The molecule has 4 aromatic rings. The number of aryl methyl sites for hydroxylation is 1. The Bertz CT molecular complexity index is 989. The number of nitrogens with zero attached hydrogens (tertiary/aromatic N) is 2. The van der Waals surface area contributed by atoms with Gasteiger partial charge in [-0.15, -0.1) is 11.3 Å². The van der Waals surface area contributed by atoms with Gasteiger partial charge in [0.15, 0.2) is 11.6 Å². The van der Waals surface area contributed by atoms with Crippen LogP contribution in [0, 0.1) is 0 Å². The van der Waals surface area contributed by atoms with E-state index in [1.807, 2.05) is 32.0 Å². The number of anilines is 1. The van der Waals surface area contributed by atoms with Crippen LogP contribution in [-0.2, 0) is 12.8 Å². The quantitative estimate of drug-likeness (QED) is 0.503. The lowest BCUT2D eigenvalue weighted by atomic mass is 10.1. The second-order valence-corrected chi connectivity index (χ2v) is 6.76. The number of benzene rings is 1. The number of thiophene rings is 1. The lowest BCUT2D eigenvalue weighted by molar-refractivity contribution is 0.526. The number of hydrogen-bond acceptors (Lipinski definition) is 5. The molecular formula is C21H23N3OS. The summed E-state index contributed by atoms with van der Waals surface area (Å²) in [5.41, 5.74) is 7.43. The highest BCUT2D eigenvalue weighted by Crippen LogP contribution is 2.31. The number of hydrogen-bond donors (Lipinski definition) is 1. The van der Waals surface area contributed by atoms with Crippen LogP contribution in [0.3, 0.4) is 0 Å². The van der Waals surface area contributed by atoms with E-state index in [0.717, 1.165) is 28.8 Å². The van der Waals surface area contributed by atoms with Crippen LogP contribution in [0.5, 0.6) is 0 Å². The first kappa shape index (κ1) is 18.1. The fourth-order valence-electron chi connectivity index (χ4n) is 2.68. The average Bonchev–Trinajstić information content (AvgIpc) is 3.31. The molecule has 2 N–H and O–H groups in total. The number of furan rings is 1. The summed E-state index contributed by atoms with van der Waals surface area (Å²) in [6.07, 6.45) is 1.72. The predicted molar refractivity (Wildman–Crippen MR) is 110 cm³/mol. The summed E-state index contributed by atoms with van der Waals surface area (Å²) in [4.78, 5) is 11.2. The van der Waals surface area contributed by atoms with Crippen LogP contribution in [0.25, 0.3) is 21.8 Å². The summed E-state index contributed by atoms with van der Waals surface area (Å²) in [6.45, 7) is 6.05. The molecular weight excluding hydrogens is 342 g/mol. The van der Waals surface area contributed by atoms with Crippen molar-refractivity contribution in [1.82, 2.24) is 9.97 Å². The van der Waals surface area contributed by atoms with Crippen LogP contribution >= 0.6 is 11.3 Å². The van der Waals surface area contributed by atoms with E-state index in [1.54, 1.807) is 11.3 Å². The standard InChI is InChI=1S/C19H17N3OS.C2H6/c1-2-13-8-9-16(23-13)18-21-17(20)15-11-14(24-19(15)22-18)10-12-6-4-3-5-7-12;1-2/h3-9,11H,2,10H2,1H3,(H2,20,21,22);1-2H3. The maximum Gasteiger partial charge on any atom is 0.199 e. The van der Waals surface area contributed by atoms with Gasteiger partial charge in [-0.05, 0) is 23.8 Å². The molecule has 0 aliphatic carbocycles. The van der Waals surface area contributed by atoms with Gasteiger partial charge in [0.25, 0.3) is 0 Å². The zero-order valence-corrected chi connectivity index (χ0v) is 16.1. The monoisotopic (exact) mass is 365 g/mol. The molecule has 0 saturated heterocycles.